The molecule has 35 heavy (non-hydrogen) atoms. The lowest BCUT2D eigenvalue weighted by Gasteiger charge is -2.62. The highest BCUT2D eigenvalue weighted by Crippen LogP contribution is 2.69. The molecule has 1 saturated carbocycles. The molecule has 1 aromatic heterocycles. The predicted octanol–water partition coefficient (Wildman–Crippen LogP) is 2.48. The number of H-pyrrole nitrogens is 1. The van der Waals surface area contributed by atoms with Crippen LogP contribution in [0.2, 0.25) is 0 Å². The quantitative estimate of drug-likeness (QED) is 0.294. The van der Waals surface area contributed by atoms with Gasteiger partial charge in [0.2, 0.25) is 0 Å². The van der Waals surface area contributed by atoms with Crippen molar-refractivity contribution < 1.29 is 14.9 Å². The van der Waals surface area contributed by atoms with E-state index in [2.05, 4.69) is 20.9 Å². The van der Waals surface area contributed by atoms with Crippen molar-refractivity contribution in [3.05, 3.63) is 52.7 Å². The number of nitrogens with one attached hydrogen (secondary N) is 1. The van der Waals surface area contributed by atoms with Gasteiger partial charge in [-0.2, -0.15) is 0 Å². The maximum atomic E-state index is 12.9. The van der Waals surface area contributed by atoms with Crippen LogP contribution in [0.4, 0.5) is 5.69 Å². The van der Waals surface area contributed by atoms with Crippen molar-refractivity contribution in [1.29, 1.82) is 0 Å². The molecule has 2 aliphatic heterocycles. The third-order valence-electron chi connectivity index (χ3n) is 9.42. The lowest BCUT2D eigenvalue weighted by atomic mass is 9.49. The Kier molecular flexibility index (Phi) is 3.60. The molecule has 180 valence electrons. The van der Waals surface area contributed by atoms with Crippen molar-refractivity contribution in [2.75, 3.05) is 13.1 Å². The summed E-state index contributed by atoms with van der Waals surface area (Å²) in [5.41, 5.74) is 15.5. The third-order valence-corrected chi connectivity index (χ3v) is 9.42. The summed E-state index contributed by atoms with van der Waals surface area (Å²) in [6.07, 6.45) is 4.23. The summed E-state index contributed by atoms with van der Waals surface area (Å²) >= 11 is 0. The molecular formula is C27H29N5O3. The number of ether oxygens (including phenoxy) is 1. The topological polar surface area (TPSA) is 133 Å². The Morgan fingerprint density at radius 3 is 2.89 bits per heavy atom. The van der Waals surface area contributed by atoms with Crippen LogP contribution in [-0.4, -0.2) is 50.8 Å². The Bertz CT molecular complexity index is 1450. The minimum Gasteiger partial charge on any atom is -0.504 e. The first kappa shape index (κ1) is 20.0. The van der Waals surface area contributed by atoms with Crippen LogP contribution in [0.15, 0.2) is 35.3 Å². The van der Waals surface area contributed by atoms with Crippen LogP contribution in [0.1, 0.15) is 47.8 Å². The molecular weight excluding hydrogens is 442 g/mol. The molecule has 2 bridgehead atoms. The van der Waals surface area contributed by atoms with E-state index in [1.807, 2.05) is 18.2 Å². The monoisotopic (exact) mass is 471 g/mol. The molecule has 3 aromatic rings. The van der Waals surface area contributed by atoms with Gasteiger partial charge in [-0.3, -0.25) is 4.90 Å². The molecule has 1 spiro atoms. The number of nitrogens with two attached hydrogens (primary N) is 2. The average Bonchev–Trinajstić information content (AvgIpc) is 3.45. The van der Waals surface area contributed by atoms with Crippen LogP contribution in [0.25, 0.3) is 10.9 Å². The Morgan fingerprint density at radius 1 is 1.23 bits per heavy atom. The Labute approximate surface area is 202 Å². The molecule has 8 heteroatoms. The number of para-hydroxylation sites is 1. The zero-order valence-corrected chi connectivity index (χ0v) is 19.4. The van der Waals surface area contributed by atoms with Crippen LogP contribution in [0.5, 0.6) is 11.5 Å². The number of rotatable bonds is 3. The summed E-state index contributed by atoms with van der Waals surface area (Å²) in [7, 11) is 0. The fourth-order valence-electron chi connectivity index (χ4n) is 7.86. The number of nitrogens with zero attached hydrogens (tertiary/aromatic N) is 2. The zero-order valence-electron chi connectivity index (χ0n) is 19.4. The Balaban J connectivity index is 1.40. The van der Waals surface area contributed by atoms with E-state index in [1.54, 1.807) is 6.07 Å². The van der Waals surface area contributed by atoms with Crippen LogP contribution in [-0.2, 0) is 18.3 Å². The van der Waals surface area contributed by atoms with Gasteiger partial charge in [0.25, 0.3) is 0 Å². The van der Waals surface area contributed by atoms with Gasteiger partial charge in [-0.1, -0.05) is 18.2 Å². The number of aromatic hydroxyl groups is 1. The first-order valence-corrected chi connectivity index (χ1v) is 12.6. The van der Waals surface area contributed by atoms with E-state index in [-0.39, 0.29) is 17.8 Å². The van der Waals surface area contributed by atoms with Gasteiger partial charge in [-0.05, 0) is 61.4 Å². The van der Waals surface area contributed by atoms with Gasteiger partial charge in [0, 0.05) is 30.0 Å². The van der Waals surface area contributed by atoms with Crippen LogP contribution in [0.3, 0.4) is 0 Å². The summed E-state index contributed by atoms with van der Waals surface area (Å²) in [6.45, 7) is 1.97. The number of aliphatic imine (C=N–C) groups is 1. The Morgan fingerprint density at radius 2 is 2.09 bits per heavy atom. The number of guanidine groups is 1. The molecule has 1 saturated heterocycles. The molecule has 0 amide bonds. The summed E-state index contributed by atoms with van der Waals surface area (Å²) in [4.78, 5) is 10.5. The number of aliphatic hydroxyl groups is 1. The molecule has 8 rings (SSSR count). The summed E-state index contributed by atoms with van der Waals surface area (Å²) < 4.78 is 6.64. The van der Waals surface area contributed by atoms with E-state index >= 15 is 0 Å². The number of fused-ring (bicyclic) bond motifs is 4. The number of hydrogen-bond donors (Lipinski definition) is 5. The highest BCUT2D eigenvalue weighted by molar-refractivity contribution is 5.96. The summed E-state index contributed by atoms with van der Waals surface area (Å²) in [5.74, 6) is 1.43. The Hall–Kier alpha value is -3.23. The van der Waals surface area contributed by atoms with Crippen molar-refractivity contribution in [2.24, 2.45) is 22.4 Å². The predicted molar refractivity (Wildman–Crippen MR) is 132 cm³/mol. The number of hydrogen-bond acceptors (Lipinski definition) is 5. The first-order valence-electron chi connectivity index (χ1n) is 12.6. The molecule has 8 nitrogen and oxygen atoms in total. The van der Waals surface area contributed by atoms with Crippen molar-refractivity contribution in [1.82, 2.24) is 9.88 Å². The van der Waals surface area contributed by atoms with Crippen LogP contribution in [0, 0.1) is 5.92 Å². The summed E-state index contributed by atoms with van der Waals surface area (Å²) in [5, 5.41) is 24.7. The van der Waals surface area contributed by atoms with Gasteiger partial charge in [-0.25, -0.2) is 4.99 Å². The molecule has 0 radical (unpaired) electrons. The fraction of sp³-hybridized carbons (Fsp3) is 0.444. The largest absolute Gasteiger partial charge is 0.504 e. The molecule has 4 atom stereocenters. The van der Waals surface area contributed by atoms with Gasteiger partial charge >= 0.3 is 0 Å². The van der Waals surface area contributed by atoms with Gasteiger partial charge in [0.15, 0.2) is 23.6 Å². The minimum atomic E-state index is -1.01. The number of aromatic amines is 1. The number of phenols is 1. The number of phenolic OH excluding ortho intramolecular Hbond substituents is 1. The van der Waals surface area contributed by atoms with E-state index in [9.17, 15) is 10.2 Å². The second-order valence-electron chi connectivity index (χ2n) is 11.2. The SMILES string of the molecule is NC(N)=Nc1cccc2c3c([nH]c12)[C@@H]1Oc2c(O)ccc4c2[C@@]12CCN(CC1CC1)[C@H](C4)[C@]2(O)C3. The number of piperidine rings is 1. The maximum Gasteiger partial charge on any atom is 0.191 e. The highest BCUT2D eigenvalue weighted by Gasteiger charge is 2.72. The zero-order chi connectivity index (χ0) is 23.7. The fourth-order valence-corrected chi connectivity index (χ4v) is 7.86. The molecule has 3 aliphatic carbocycles. The number of likely N-dealkylation sites (tertiary alicyclic amines) is 1. The summed E-state index contributed by atoms with van der Waals surface area (Å²) in [6, 6.07) is 9.67. The second-order valence-corrected chi connectivity index (χ2v) is 11.2. The highest BCUT2D eigenvalue weighted by atomic mass is 16.5. The minimum absolute atomic E-state index is 0.00150. The van der Waals surface area contributed by atoms with E-state index in [4.69, 9.17) is 16.2 Å². The van der Waals surface area contributed by atoms with Crippen LogP contribution >= 0.6 is 0 Å². The third kappa shape index (κ3) is 2.32. The maximum absolute atomic E-state index is 12.9. The lowest BCUT2D eigenvalue weighted by Crippen LogP contribution is -2.74. The van der Waals surface area contributed by atoms with Crippen molar-refractivity contribution >= 4 is 22.5 Å². The van der Waals surface area contributed by atoms with E-state index in [1.165, 1.54) is 18.4 Å². The average molecular weight is 472 g/mol. The van der Waals surface area contributed by atoms with Crippen LogP contribution < -0.4 is 16.2 Å². The van der Waals surface area contributed by atoms with Crippen molar-refractivity contribution in [3.63, 3.8) is 0 Å². The smallest absolute Gasteiger partial charge is 0.191 e. The standard InChI is InChI=1S/C27H29N5O3/c28-25(29)30-17-3-1-2-15-16-11-27(34)19-10-14-6-7-18(33)23-20(14)26(27,8-9-32(19)12-13-4-5-13)24(35-23)22(16)31-21(15)17/h1-3,6-7,13,19,24,31,33-34H,4-5,8-12H2,(H4,28,29,30)/t19-,24+,26+,27-/m1/s1. The lowest BCUT2D eigenvalue weighted by molar-refractivity contribution is -0.173. The normalized spacial score (nSPS) is 32.1. The van der Waals surface area contributed by atoms with Gasteiger partial charge in [-0.15, -0.1) is 0 Å². The molecule has 2 aromatic carbocycles. The molecule has 2 fully saturated rings. The van der Waals surface area contributed by atoms with Crippen molar-refractivity contribution in [2.45, 2.75) is 55.3 Å². The van der Waals surface area contributed by atoms with E-state index in [0.29, 0.717) is 17.9 Å². The molecule has 5 aliphatic rings. The van der Waals surface area contributed by atoms with Gasteiger partial charge < -0.3 is 31.4 Å². The van der Waals surface area contributed by atoms with Gasteiger partial charge in [0.1, 0.15) is 0 Å². The molecule has 3 heterocycles. The second kappa shape index (κ2) is 6.30. The van der Waals surface area contributed by atoms with Gasteiger partial charge in [0.05, 0.1) is 27.9 Å². The van der Waals surface area contributed by atoms with Crippen molar-refractivity contribution in [3.8, 4) is 11.5 Å². The van der Waals surface area contributed by atoms with E-state index < -0.39 is 17.1 Å². The molecule has 7 N–H and O–H groups in total. The molecule has 0 unspecified atom stereocenters. The van der Waals surface area contributed by atoms with E-state index in [0.717, 1.165) is 59.6 Å². The number of benzene rings is 2. The number of aromatic nitrogens is 1. The first-order chi connectivity index (χ1) is 16.9.